The number of Topliss-reactive ketones (excluding diaryl/α,β-unsaturated/α-hetero) is 1. The minimum Gasteiger partial charge on any atom is -0.493 e. The summed E-state index contributed by atoms with van der Waals surface area (Å²) in [4.78, 5) is 50.3. The van der Waals surface area contributed by atoms with Crippen molar-refractivity contribution >= 4 is 66.4 Å². The van der Waals surface area contributed by atoms with Crippen molar-refractivity contribution in [2.45, 2.75) is 95.3 Å². The zero-order valence-electron chi connectivity index (χ0n) is 50.2. The number of ether oxygens (including phenoxy) is 6. The summed E-state index contributed by atoms with van der Waals surface area (Å²) in [5.41, 5.74) is 11.0. The van der Waals surface area contributed by atoms with Crippen LogP contribution < -0.4 is 34.6 Å². The van der Waals surface area contributed by atoms with E-state index < -0.39 is 25.9 Å². The lowest BCUT2D eigenvalue weighted by molar-refractivity contribution is -0.118. The number of hydrogen-bond acceptors (Lipinski definition) is 18. The predicted octanol–water partition coefficient (Wildman–Crippen LogP) is 8.73. The predicted molar refractivity (Wildman–Crippen MR) is 336 cm³/mol. The van der Waals surface area contributed by atoms with Crippen LogP contribution in [0, 0.1) is 6.92 Å². The fourth-order valence-electron chi connectivity index (χ4n) is 11.6. The molecule has 0 aliphatic carbocycles. The van der Waals surface area contributed by atoms with Crippen molar-refractivity contribution in [1.82, 2.24) is 15.1 Å². The maximum Gasteiger partial charge on any atom is 0.277 e. The van der Waals surface area contributed by atoms with E-state index >= 15 is 0 Å². The molecule has 4 aliphatic heterocycles. The number of carbonyl (C=O) groups excluding carboxylic acids is 3. The third kappa shape index (κ3) is 15.8. The smallest absolute Gasteiger partial charge is 0.277 e. The Hall–Kier alpha value is -6.04. The van der Waals surface area contributed by atoms with Crippen LogP contribution in [0.15, 0.2) is 91.0 Å². The average Bonchev–Trinajstić information content (AvgIpc) is 2.46. The molecule has 0 saturated heterocycles. The van der Waals surface area contributed by atoms with Gasteiger partial charge >= 0.3 is 0 Å². The lowest BCUT2D eigenvalue weighted by Crippen LogP contribution is -2.47. The number of hydrogen-bond donors (Lipinski definition) is 2. The van der Waals surface area contributed by atoms with Crippen molar-refractivity contribution < 1.29 is 55.4 Å². The minimum atomic E-state index is -4.10. The first-order valence-electron chi connectivity index (χ1n) is 29.2. The first-order chi connectivity index (χ1) is 41.0. The van der Waals surface area contributed by atoms with Crippen LogP contribution in [0.3, 0.4) is 0 Å². The molecule has 0 bridgehead atoms. The topological polar surface area (TPSA) is 187 Å². The number of nitrogens with one attached hydrogen (secondary N) is 2. The second-order valence-electron chi connectivity index (χ2n) is 22.6. The Morgan fingerprint density at radius 3 is 2.06 bits per heavy atom. The van der Waals surface area contributed by atoms with Gasteiger partial charge in [-0.3, -0.25) is 18.6 Å². The number of nitrogens with zero attached hydrogens (tertiary/aromatic N) is 4. The van der Waals surface area contributed by atoms with Crippen LogP contribution in [0.2, 0.25) is 0 Å². The molecule has 0 saturated carbocycles. The molecular formula is C64H82N6O12S3. The lowest BCUT2D eigenvalue weighted by atomic mass is 9.93. The van der Waals surface area contributed by atoms with E-state index in [0.717, 1.165) is 53.6 Å². The van der Waals surface area contributed by atoms with Crippen LogP contribution in [0.5, 0.6) is 17.2 Å². The molecule has 4 heterocycles. The summed E-state index contributed by atoms with van der Waals surface area (Å²) < 4.78 is 66.8. The second kappa shape index (κ2) is 29.1. The summed E-state index contributed by atoms with van der Waals surface area (Å²) in [6, 6.07) is 30.6. The number of methoxy groups -OCH3 is 2. The molecule has 2 N–H and O–H groups in total. The van der Waals surface area contributed by atoms with Gasteiger partial charge in [-0.1, -0.05) is 77.0 Å². The van der Waals surface area contributed by atoms with Gasteiger partial charge in [-0.15, -0.1) is 0 Å². The van der Waals surface area contributed by atoms with Gasteiger partial charge in [-0.25, -0.2) is 0 Å². The molecule has 4 aliphatic rings. The van der Waals surface area contributed by atoms with Crippen molar-refractivity contribution in [3.8, 4) is 17.2 Å². The largest absolute Gasteiger partial charge is 0.493 e. The molecule has 1 unspecified atom stereocenters. The van der Waals surface area contributed by atoms with Gasteiger partial charge in [-0.05, 0) is 116 Å². The molecule has 5 aromatic carbocycles. The van der Waals surface area contributed by atoms with Gasteiger partial charge in [0, 0.05) is 81.7 Å². The Bertz CT molecular complexity index is 3270. The fourth-order valence-corrected chi connectivity index (χ4v) is 15.4. The number of rotatable bonds is 30. The van der Waals surface area contributed by atoms with E-state index in [4.69, 9.17) is 32.6 Å². The van der Waals surface area contributed by atoms with E-state index in [-0.39, 0.29) is 50.1 Å². The monoisotopic (exact) mass is 1220 g/mol. The first kappa shape index (κ1) is 63.5. The van der Waals surface area contributed by atoms with Gasteiger partial charge in [-0.2, -0.15) is 8.42 Å². The maximum absolute atomic E-state index is 14.4. The molecule has 9 rings (SSSR count). The minimum absolute atomic E-state index is 0.0153. The summed E-state index contributed by atoms with van der Waals surface area (Å²) in [7, 11) is 5.39. The van der Waals surface area contributed by atoms with Crippen LogP contribution in [0.25, 0.3) is 0 Å². The van der Waals surface area contributed by atoms with Gasteiger partial charge in [0.2, 0.25) is 0 Å². The van der Waals surface area contributed by atoms with Crippen LogP contribution in [-0.2, 0) is 72.5 Å². The zero-order valence-corrected chi connectivity index (χ0v) is 52.7. The third-order valence-corrected chi connectivity index (χ3v) is 21.0. The Morgan fingerprint density at radius 2 is 1.40 bits per heavy atom. The van der Waals surface area contributed by atoms with Gasteiger partial charge < -0.3 is 58.7 Å². The SMILES string of the molecule is CCNCC(=O)C(CCSSC(C)(C)CN(CCOCCOCCOC)c1cc(COc2cc3c(cc2C)C(=O)N2Cc4ccccc4C[C@H]2CN3C)cc(COc2cc3c(cc2OC)C(=O)N2Cc4ccccc4C[C@H]2CN3)c1)S(=O)(=O)OC. The van der Waals surface area contributed by atoms with Crippen molar-refractivity contribution in [1.29, 1.82) is 0 Å². The maximum atomic E-state index is 14.4. The Labute approximate surface area is 509 Å². The van der Waals surface area contributed by atoms with E-state index in [1.165, 1.54) is 27.5 Å². The summed E-state index contributed by atoms with van der Waals surface area (Å²) >= 11 is 0. The number of benzene rings is 5. The summed E-state index contributed by atoms with van der Waals surface area (Å²) in [6.45, 7) is 14.4. The van der Waals surface area contributed by atoms with E-state index in [9.17, 15) is 22.8 Å². The zero-order chi connectivity index (χ0) is 60.3. The lowest BCUT2D eigenvalue weighted by Gasteiger charge is -2.36. The molecule has 0 fully saturated rings. The van der Waals surface area contributed by atoms with E-state index in [0.29, 0.717) is 119 Å². The van der Waals surface area contributed by atoms with Crippen molar-refractivity contribution in [2.24, 2.45) is 0 Å². The molecule has 18 nitrogen and oxygen atoms in total. The van der Waals surface area contributed by atoms with Crippen LogP contribution in [0.4, 0.5) is 17.1 Å². The number of aryl methyl sites for hydroxylation is 1. The Morgan fingerprint density at radius 1 is 0.776 bits per heavy atom. The average molecular weight is 1220 g/mol. The highest BCUT2D eigenvalue weighted by Gasteiger charge is 2.38. The number of fused-ring (bicyclic) bond motifs is 6. The third-order valence-electron chi connectivity index (χ3n) is 16.0. The summed E-state index contributed by atoms with van der Waals surface area (Å²) in [5.74, 6) is 1.49. The van der Waals surface area contributed by atoms with Gasteiger partial charge in [0.15, 0.2) is 17.3 Å². The highest BCUT2D eigenvalue weighted by Crippen LogP contribution is 2.41. The second-order valence-corrected chi connectivity index (χ2v) is 27.6. The van der Waals surface area contributed by atoms with Gasteiger partial charge in [0.1, 0.15) is 24.2 Å². The van der Waals surface area contributed by atoms with Crippen molar-refractivity contribution in [3.63, 3.8) is 0 Å². The van der Waals surface area contributed by atoms with Crippen LogP contribution in [0.1, 0.15) is 86.9 Å². The number of amides is 2. The normalized spacial score (nSPS) is 16.8. The molecule has 0 radical (unpaired) electrons. The quantitative estimate of drug-likeness (QED) is 0.0252. The first-order valence-corrected chi connectivity index (χ1v) is 33.0. The standard InChI is InChI=1S/C64H82N6O12S3/c1-9-65-36-57(71)61(85(74,75)78-8)18-25-83-84-64(3,4)42-68(19-20-79-23-24-80-22-21-76-6)50-28-44(40-81-58-34-56-54(26-43(58)2)63(73)70-38-49-17-13-11-15-47(49)31-52(70)39-67(56)5)27-45(29-50)41-82-60-33-55-53(32-59(60)77-7)62(72)69-37-48-16-12-10-14-46(48)30-51(69)35-66-55/h10-17,26-29,32-34,51-52,61,65-66H,9,18-25,30-31,35-42H2,1-8H3/t51-,52-,61?/m0/s1. The van der Waals surface area contributed by atoms with Crippen molar-refractivity contribution in [2.75, 3.05) is 122 Å². The molecule has 5 aromatic rings. The number of likely N-dealkylation sites (N-methyl/N-ethyl adjacent to an activating group) is 2. The highest BCUT2D eigenvalue weighted by molar-refractivity contribution is 8.77. The number of carbonyl (C=O) groups is 3. The molecule has 2 amide bonds. The van der Waals surface area contributed by atoms with Crippen LogP contribution >= 0.6 is 21.6 Å². The summed E-state index contributed by atoms with van der Waals surface area (Å²) in [5, 5.41) is 5.24. The molecule has 458 valence electrons. The number of ketones is 1. The molecule has 0 spiro atoms. The van der Waals surface area contributed by atoms with Gasteiger partial charge in [0.05, 0.1) is 88.4 Å². The van der Waals surface area contributed by atoms with Gasteiger partial charge in [0.25, 0.3) is 21.9 Å². The highest BCUT2D eigenvalue weighted by atomic mass is 33.1. The number of anilines is 3. The molecule has 3 atom stereocenters. The Kier molecular flexibility index (Phi) is 21.7. The fraction of sp³-hybridized carbons (Fsp3) is 0.484. The Balaban J connectivity index is 0.994. The van der Waals surface area contributed by atoms with E-state index in [2.05, 4.69) is 82.8 Å². The van der Waals surface area contributed by atoms with E-state index in [1.807, 2.05) is 67.1 Å². The van der Waals surface area contributed by atoms with E-state index in [1.54, 1.807) is 31.1 Å². The van der Waals surface area contributed by atoms with Crippen molar-refractivity contribution in [3.05, 3.63) is 141 Å². The van der Waals surface area contributed by atoms with Crippen LogP contribution in [-0.4, -0.2) is 164 Å². The molecular weight excluding hydrogens is 1140 g/mol. The molecule has 21 heteroatoms. The molecule has 85 heavy (non-hydrogen) atoms. The molecule has 0 aromatic heterocycles. The summed E-state index contributed by atoms with van der Waals surface area (Å²) in [6.07, 6.45) is 1.65.